The van der Waals surface area contributed by atoms with Crippen LogP contribution >= 0.6 is 27.5 Å². The number of nitrogens with zero attached hydrogens (tertiary/aromatic N) is 2. The number of hydrogen-bond acceptors (Lipinski definition) is 4. The smallest absolute Gasteiger partial charge is 0.267 e. The molecule has 1 aromatic heterocycles. The van der Waals surface area contributed by atoms with Crippen molar-refractivity contribution in [1.29, 1.82) is 0 Å². The molecule has 0 fully saturated rings. The van der Waals surface area contributed by atoms with Gasteiger partial charge in [0.15, 0.2) is 5.82 Å². The van der Waals surface area contributed by atoms with Crippen molar-refractivity contribution in [1.82, 2.24) is 9.78 Å². The Labute approximate surface area is 123 Å². The summed E-state index contributed by atoms with van der Waals surface area (Å²) >= 11 is 9.07. The van der Waals surface area contributed by atoms with Gasteiger partial charge in [-0.25, -0.2) is 8.42 Å². The highest BCUT2D eigenvalue weighted by molar-refractivity contribution is 9.10. The van der Waals surface area contributed by atoms with Crippen molar-refractivity contribution < 1.29 is 8.42 Å². The zero-order valence-corrected chi connectivity index (χ0v) is 12.9. The molecular weight excluding hydrogens is 356 g/mol. The number of nitrogens with two attached hydrogens (primary N) is 1. The number of halogens is 2. The van der Waals surface area contributed by atoms with Gasteiger partial charge < -0.3 is 5.73 Å². The minimum Gasteiger partial charge on any atom is -0.381 e. The molecule has 0 saturated carbocycles. The number of anilines is 2. The Balaban J connectivity index is 2.42. The van der Waals surface area contributed by atoms with E-state index in [1.165, 1.54) is 16.9 Å². The third-order valence-corrected chi connectivity index (χ3v) is 4.59. The van der Waals surface area contributed by atoms with Gasteiger partial charge in [-0.2, -0.15) is 5.10 Å². The largest absolute Gasteiger partial charge is 0.381 e. The van der Waals surface area contributed by atoms with E-state index in [4.69, 9.17) is 17.3 Å². The standard InChI is InChI=1S/C10H10BrClN4O2S/c1-16-5-9(10(13)14-16)19(17,18)15-8-4-6(12)2-3-7(8)11/h2-5,15H,1H3,(H2,13,14). The van der Waals surface area contributed by atoms with Gasteiger partial charge in [0, 0.05) is 22.7 Å². The Morgan fingerprint density at radius 3 is 2.74 bits per heavy atom. The van der Waals surface area contributed by atoms with E-state index in [0.29, 0.717) is 15.2 Å². The normalized spacial score (nSPS) is 11.5. The van der Waals surface area contributed by atoms with Crippen molar-refractivity contribution in [3.05, 3.63) is 33.9 Å². The maximum atomic E-state index is 12.2. The molecule has 0 unspecified atom stereocenters. The third kappa shape index (κ3) is 3.02. The van der Waals surface area contributed by atoms with E-state index in [0.717, 1.165) is 0 Å². The second-order valence-electron chi connectivity index (χ2n) is 3.78. The number of hydrogen-bond donors (Lipinski definition) is 2. The summed E-state index contributed by atoms with van der Waals surface area (Å²) < 4.78 is 28.7. The molecule has 19 heavy (non-hydrogen) atoms. The molecule has 0 aliphatic carbocycles. The average molecular weight is 366 g/mol. The van der Waals surface area contributed by atoms with Gasteiger partial charge in [-0.1, -0.05) is 11.6 Å². The summed E-state index contributed by atoms with van der Waals surface area (Å²) in [5.74, 6) is -0.0619. The quantitative estimate of drug-likeness (QED) is 0.872. The highest BCUT2D eigenvalue weighted by Crippen LogP contribution is 2.29. The van der Waals surface area contributed by atoms with Crippen molar-refractivity contribution >= 4 is 49.1 Å². The molecule has 1 aromatic carbocycles. The van der Waals surface area contributed by atoms with Gasteiger partial charge in [-0.15, -0.1) is 0 Å². The van der Waals surface area contributed by atoms with E-state index in [1.54, 1.807) is 19.2 Å². The molecule has 0 atom stereocenters. The Morgan fingerprint density at radius 2 is 2.16 bits per heavy atom. The molecule has 0 amide bonds. The zero-order chi connectivity index (χ0) is 14.2. The van der Waals surface area contributed by atoms with E-state index in [9.17, 15) is 8.42 Å². The van der Waals surface area contributed by atoms with Crippen molar-refractivity contribution in [2.45, 2.75) is 4.90 Å². The van der Waals surface area contributed by atoms with E-state index in [1.807, 2.05) is 0 Å². The first-order valence-corrected chi connectivity index (χ1v) is 7.72. The van der Waals surface area contributed by atoms with Gasteiger partial charge in [-0.3, -0.25) is 9.40 Å². The van der Waals surface area contributed by atoms with Crippen LogP contribution in [0.3, 0.4) is 0 Å². The van der Waals surface area contributed by atoms with Crippen molar-refractivity contribution in [2.75, 3.05) is 10.5 Å². The van der Waals surface area contributed by atoms with Gasteiger partial charge in [0.05, 0.1) is 5.69 Å². The maximum absolute atomic E-state index is 12.2. The number of aromatic nitrogens is 2. The lowest BCUT2D eigenvalue weighted by molar-refractivity contribution is 0.601. The molecule has 1 heterocycles. The van der Waals surface area contributed by atoms with Gasteiger partial charge >= 0.3 is 0 Å². The zero-order valence-electron chi connectivity index (χ0n) is 9.76. The molecule has 0 aliphatic heterocycles. The summed E-state index contributed by atoms with van der Waals surface area (Å²) in [6.45, 7) is 0. The maximum Gasteiger partial charge on any atom is 0.267 e. The van der Waals surface area contributed by atoms with Crippen LogP contribution in [0.15, 0.2) is 33.8 Å². The predicted octanol–water partition coefficient (Wildman–Crippen LogP) is 2.22. The minimum atomic E-state index is -3.81. The first-order chi connectivity index (χ1) is 8.79. The fourth-order valence-electron chi connectivity index (χ4n) is 1.47. The lowest BCUT2D eigenvalue weighted by Gasteiger charge is -2.09. The summed E-state index contributed by atoms with van der Waals surface area (Å²) in [4.78, 5) is -0.0816. The Bertz CT molecular complexity index is 729. The van der Waals surface area contributed by atoms with Crippen LogP contribution in [-0.4, -0.2) is 18.2 Å². The van der Waals surface area contributed by atoms with Gasteiger partial charge in [0.2, 0.25) is 0 Å². The molecule has 2 aromatic rings. The number of aryl methyl sites for hydroxylation is 1. The van der Waals surface area contributed by atoms with E-state index in [2.05, 4.69) is 25.8 Å². The van der Waals surface area contributed by atoms with Crippen molar-refractivity contribution in [2.24, 2.45) is 7.05 Å². The summed E-state index contributed by atoms with van der Waals surface area (Å²) in [5, 5.41) is 4.21. The van der Waals surface area contributed by atoms with Crippen LogP contribution in [-0.2, 0) is 17.1 Å². The van der Waals surface area contributed by atoms with Crippen molar-refractivity contribution in [3.8, 4) is 0 Å². The Morgan fingerprint density at radius 1 is 1.47 bits per heavy atom. The molecule has 0 spiro atoms. The first kappa shape index (κ1) is 14.2. The van der Waals surface area contributed by atoms with Crippen LogP contribution in [0.25, 0.3) is 0 Å². The number of nitrogen functional groups attached to an aromatic ring is 1. The summed E-state index contributed by atoms with van der Waals surface area (Å²) in [7, 11) is -2.22. The summed E-state index contributed by atoms with van der Waals surface area (Å²) in [6, 6.07) is 4.78. The highest BCUT2D eigenvalue weighted by Gasteiger charge is 2.21. The number of nitrogens with one attached hydrogen (secondary N) is 1. The van der Waals surface area contributed by atoms with E-state index < -0.39 is 10.0 Å². The predicted molar refractivity (Wildman–Crippen MR) is 77.6 cm³/mol. The molecule has 2 rings (SSSR count). The summed E-state index contributed by atoms with van der Waals surface area (Å²) in [6.07, 6.45) is 1.33. The van der Waals surface area contributed by atoms with Crippen LogP contribution in [0.4, 0.5) is 11.5 Å². The Hall–Kier alpha value is -1.25. The van der Waals surface area contributed by atoms with E-state index >= 15 is 0 Å². The van der Waals surface area contributed by atoms with Gasteiger partial charge in [0.25, 0.3) is 10.0 Å². The molecule has 0 aliphatic rings. The second-order valence-corrected chi connectivity index (χ2v) is 6.72. The molecule has 0 saturated heterocycles. The highest BCUT2D eigenvalue weighted by atomic mass is 79.9. The fraction of sp³-hybridized carbons (Fsp3) is 0.100. The van der Waals surface area contributed by atoms with Crippen LogP contribution < -0.4 is 10.5 Å². The molecule has 9 heteroatoms. The Kier molecular flexibility index (Phi) is 3.75. The molecule has 102 valence electrons. The van der Waals surface area contributed by atoms with Crippen LogP contribution in [0, 0.1) is 0 Å². The van der Waals surface area contributed by atoms with Gasteiger partial charge in [0.1, 0.15) is 4.90 Å². The fourth-order valence-corrected chi connectivity index (χ4v) is 3.29. The van der Waals surface area contributed by atoms with E-state index in [-0.39, 0.29) is 10.7 Å². The molecule has 0 bridgehead atoms. The molecule has 6 nitrogen and oxygen atoms in total. The number of rotatable bonds is 3. The van der Waals surface area contributed by atoms with Crippen molar-refractivity contribution in [3.63, 3.8) is 0 Å². The van der Waals surface area contributed by atoms with Crippen LogP contribution in [0.1, 0.15) is 0 Å². The SMILES string of the molecule is Cn1cc(S(=O)(=O)Nc2cc(Cl)ccc2Br)c(N)n1. The number of benzene rings is 1. The number of sulfonamides is 1. The summed E-state index contributed by atoms with van der Waals surface area (Å²) in [5.41, 5.74) is 5.89. The average Bonchev–Trinajstić information content (AvgIpc) is 2.63. The monoisotopic (exact) mass is 364 g/mol. The van der Waals surface area contributed by atoms with Crippen LogP contribution in [0.2, 0.25) is 5.02 Å². The molecule has 3 N–H and O–H groups in total. The lowest BCUT2D eigenvalue weighted by atomic mass is 10.3. The second kappa shape index (κ2) is 5.03. The minimum absolute atomic E-state index is 0.0619. The molecular formula is C10H10BrClN4O2S. The first-order valence-electron chi connectivity index (χ1n) is 5.06. The lowest BCUT2D eigenvalue weighted by Crippen LogP contribution is -2.14. The van der Waals surface area contributed by atoms with Crippen LogP contribution in [0.5, 0.6) is 0 Å². The third-order valence-electron chi connectivity index (χ3n) is 2.28. The molecule has 0 radical (unpaired) electrons. The van der Waals surface area contributed by atoms with Gasteiger partial charge in [-0.05, 0) is 34.1 Å². The topological polar surface area (TPSA) is 90.0 Å².